The van der Waals surface area contributed by atoms with Crippen LogP contribution in [0.2, 0.25) is 0 Å². The summed E-state index contributed by atoms with van der Waals surface area (Å²) in [4.78, 5) is 22.0. The summed E-state index contributed by atoms with van der Waals surface area (Å²) in [5, 5.41) is 23.4. The van der Waals surface area contributed by atoms with Crippen LogP contribution in [0.4, 0.5) is 5.69 Å². The van der Waals surface area contributed by atoms with E-state index in [1.165, 1.54) is 26.2 Å². The Kier molecular flexibility index (Phi) is 7.93. The van der Waals surface area contributed by atoms with Crippen LogP contribution in [0.15, 0.2) is 12.1 Å². The van der Waals surface area contributed by atoms with E-state index in [0.29, 0.717) is 19.5 Å². The molecule has 1 rings (SSSR count). The van der Waals surface area contributed by atoms with Crippen LogP contribution in [0.25, 0.3) is 0 Å². The molecule has 4 N–H and O–H groups in total. The average molecular weight is 341 g/mol. The molecular weight excluding hydrogens is 318 g/mol. The molecule has 0 aliphatic rings. The largest absolute Gasteiger partial charge is 0.493 e. The Labute approximate surface area is 139 Å². The van der Waals surface area contributed by atoms with Crippen LogP contribution in [0.1, 0.15) is 31.4 Å². The maximum atomic E-state index is 11.4. The van der Waals surface area contributed by atoms with Crippen molar-refractivity contribution in [3.8, 4) is 11.5 Å². The van der Waals surface area contributed by atoms with Crippen LogP contribution < -0.4 is 20.5 Å². The molecule has 0 bridgehead atoms. The highest BCUT2D eigenvalue weighted by atomic mass is 16.6. The lowest BCUT2D eigenvalue weighted by Crippen LogP contribution is -2.29. The zero-order chi connectivity index (χ0) is 18.1. The molecule has 1 amide bonds. The van der Waals surface area contributed by atoms with Gasteiger partial charge in [-0.3, -0.25) is 14.9 Å². The molecular formula is C15H23N3O6. The van der Waals surface area contributed by atoms with Crippen molar-refractivity contribution in [1.29, 1.82) is 0 Å². The summed E-state index contributed by atoms with van der Waals surface area (Å²) in [6.45, 7) is 2.42. The van der Waals surface area contributed by atoms with Crippen LogP contribution in [-0.2, 0) is 4.79 Å². The van der Waals surface area contributed by atoms with Crippen molar-refractivity contribution in [1.82, 2.24) is 5.32 Å². The minimum Gasteiger partial charge on any atom is -0.493 e. The Morgan fingerprint density at radius 3 is 2.71 bits per heavy atom. The maximum absolute atomic E-state index is 11.4. The first kappa shape index (κ1) is 19.7. The fourth-order valence-corrected chi connectivity index (χ4v) is 2.04. The highest BCUT2D eigenvalue weighted by molar-refractivity contribution is 5.75. The lowest BCUT2D eigenvalue weighted by molar-refractivity contribution is -0.386. The van der Waals surface area contributed by atoms with Crippen molar-refractivity contribution in [2.45, 2.75) is 25.9 Å². The van der Waals surface area contributed by atoms with E-state index in [-0.39, 0.29) is 41.7 Å². The third kappa shape index (κ3) is 5.67. The van der Waals surface area contributed by atoms with Gasteiger partial charge in [0, 0.05) is 19.5 Å². The number of nitrogens with two attached hydrogens (primary N) is 1. The smallest absolute Gasteiger partial charge is 0.279 e. The number of hydrogen-bond acceptors (Lipinski definition) is 7. The zero-order valence-electron chi connectivity index (χ0n) is 13.8. The standard InChI is InChI=1S/C15H23N3O6/c1-10(19)11-8-13(23-2)14(9-12(11)18(21)22)24-7-3-4-15(20)17-6-5-16/h8-10,19H,3-7,16H2,1-2H3,(H,17,20). The molecule has 9 nitrogen and oxygen atoms in total. The van der Waals surface area contributed by atoms with Crippen molar-refractivity contribution < 1.29 is 24.3 Å². The van der Waals surface area contributed by atoms with Gasteiger partial charge in [-0.1, -0.05) is 0 Å². The summed E-state index contributed by atoms with van der Waals surface area (Å²) in [7, 11) is 1.40. The van der Waals surface area contributed by atoms with Gasteiger partial charge in [-0.25, -0.2) is 0 Å². The van der Waals surface area contributed by atoms with Crippen molar-refractivity contribution in [2.75, 3.05) is 26.8 Å². The Balaban J connectivity index is 2.75. The number of benzene rings is 1. The van der Waals surface area contributed by atoms with Crippen molar-refractivity contribution >= 4 is 11.6 Å². The van der Waals surface area contributed by atoms with Gasteiger partial charge in [0.15, 0.2) is 11.5 Å². The minimum absolute atomic E-state index is 0.133. The average Bonchev–Trinajstić information content (AvgIpc) is 2.55. The predicted octanol–water partition coefficient (Wildman–Crippen LogP) is 0.891. The van der Waals surface area contributed by atoms with Gasteiger partial charge in [-0.05, 0) is 19.4 Å². The van der Waals surface area contributed by atoms with Crippen LogP contribution in [-0.4, -0.2) is 42.7 Å². The summed E-state index contributed by atoms with van der Waals surface area (Å²) < 4.78 is 10.6. The van der Waals surface area contributed by atoms with Gasteiger partial charge in [-0.15, -0.1) is 0 Å². The van der Waals surface area contributed by atoms with Crippen LogP contribution >= 0.6 is 0 Å². The predicted molar refractivity (Wildman–Crippen MR) is 87.1 cm³/mol. The van der Waals surface area contributed by atoms with E-state index < -0.39 is 11.0 Å². The lowest BCUT2D eigenvalue weighted by atomic mass is 10.1. The first-order valence-corrected chi connectivity index (χ1v) is 7.54. The maximum Gasteiger partial charge on any atom is 0.279 e. The van der Waals surface area contributed by atoms with E-state index in [0.717, 1.165) is 0 Å². The van der Waals surface area contributed by atoms with Gasteiger partial charge in [0.1, 0.15) is 0 Å². The molecule has 9 heteroatoms. The Morgan fingerprint density at radius 1 is 1.46 bits per heavy atom. The van der Waals surface area contributed by atoms with E-state index in [9.17, 15) is 20.0 Å². The van der Waals surface area contributed by atoms with Crippen molar-refractivity contribution in [2.24, 2.45) is 5.73 Å². The second-order valence-corrected chi connectivity index (χ2v) is 5.09. The quantitative estimate of drug-likeness (QED) is 0.326. The number of aliphatic hydroxyl groups excluding tert-OH is 1. The van der Waals surface area contributed by atoms with E-state index in [1.54, 1.807) is 0 Å². The number of nitro groups is 1. The SMILES string of the molecule is COc1cc(C(C)O)c([N+](=O)[O-])cc1OCCCC(=O)NCCN. The monoisotopic (exact) mass is 341 g/mol. The molecule has 1 aromatic carbocycles. The molecule has 0 radical (unpaired) electrons. The number of amides is 1. The number of nitrogens with zero attached hydrogens (tertiary/aromatic N) is 1. The van der Waals surface area contributed by atoms with Crippen LogP contribution in [0.3, 0.4) is 0 Å². The molecule has 24 heavy (non-hydrogen) atoms. The van der Waals surface area contributed by atoms with E-state index in [1.807, 2.05) is 0 Å². The molecule has 0 heterocycles. The van der Waals surface area contributed by atoms with E-state index in [4.69, 9.17) is 15.2 Å². The summed E-state index contributed by atoms with van der Waals surface area (Å²) in [5.41, 5.74) is 5.18. The third-order valence-corrected chi connectivity index (χ3v) is 3.23. The number of hydrogen-bond donors (Lipinski definition) is 3. The molecule has 1 aromatic rings. The number of nitrogens with one attached hydrogen (secondary N) is 1. The number of ether oxygens (including phenoxy) is 2. The number of methoxy groups -OCH3 is 1. The number of aliphatic hydroxyl groups is 1. The molecule has 1 atom stereocenters. The highest BCUT2D eigenvalue weighted by Crippen LogP contribution is 2.37. The molecule has 1 unspecified atom stereocenters. The minimum atomic E-state index is -1.01. The summed E-state index contributed by atoms with van der Waals surface area (Å²) in [6, 6.07) is 2.60. The van der Waals surface area contributed by atoms with Gasteiger partial charge >= 0.3 is 0 Å². The van der Waals surface area contributed by atoms with Crippen LogP contribution in [0.5, 0.6) is 11.5 Å². The number of rotatable bonds is 10. The highest BCUT2D eigenvalue weighted by Gasteiger charge is 2.22. The topological polar surface area (TPSA) is 137 Å². The number of carbonyl (C=O) groups is 1. The summed E-state index contributed by atoms with van der Waals surface area (Å²) in [6.07, 6.45) is -0.318. The molecule has 134 valence electrons. The molecule has 0 saturated heterocycles. The first-order valence-electron chi connectivity index (χ1n) is 7.54. The van der Waals surface area contributed by atoms with Gasteiger partial charge < -0.3 is 25.6 Å². The van der Waals surface area contributed by atoms with Crippen molar-refractivity contribution in [3.63, 3.8) is 0 Å². The summed E-state index contributed by atoms with van der Waals surface area (Å²) in [5.74, 6) is 0.339. The molecule has 0 spiro atoms. The fourth-order valence-electron chi connectivity index (χ4n) is 2.04. The Bertz CT molecular complexity index is 577. The first-order chi connectivity index (χ1) is 11.4. The second-order valence-electron chi connectivity index (χ2n) is 5.09. The number of nitro benzene ring substituents is 1. The molecule has 0 aliphatic heterocycles. The van der Waals surface area contributed by atoms with E-state index >= 15 is 0 Å². The Morgan fingerprint density at radius 2 is 2.17 bits per heavy atom. The number of carbonyl (C=O) groups excluding carboxylic acids is 1. The van der Waals surface area contributed by atoms with Gasteiger partial charge in [-0.2, -0.15) is 0 Å². The zero-order valence-corrected chi connectivity index (χ0v) is 13.8. The second kappa shape index (κ2) is 9.68. The molecule has 0 aromatic heterocycles. The third-order valence-electron chi connectivity index (χ3n) is 3.23. The Hall–Kier alpha value is -2.39. The van der Waals surface area contributed by atoms with Gasteiger partial charge in [0.25, 0.3) is 5.69 Å². The van der Waals surface area contributed by atoms with Crippen LogP contribution in [0, 0.1) is 10.1 Å². The molecule has 0 fully saturated rings. The van der Waals surface area contributed by atoms with Gasteiger partial charge in [0.2, 0.25) is 5.91 Å². The van der Waals surface area contributed by atoms with Gasteiger partial charge in [0.05, 0.1) is 36.4 Å². The van der Waals surface area contributed by atoms with E-state index in [2.05, 4.69) is 5.32 Å². The lowest BCUT2D eigenvalue weighted by Gasteiger charge is -2.14. The molecule has 0 aliphatic carbocycles. The fraction of sp³-hybridized carbons (Fsp3) is 0.533. The molecule has 0 saturated carbocycles. The van der Waals surface area contributed by atoms with Crippen molar-refractivity contribution in [3.05, 3.63) is 27.8 Å². The normalized spacial score (nSPS) is 11.7. The summed E-state index contributed by atoms with van der Waals surface area (Å²) >= 11 is 0.